The second-order valence-corrected chi connectivity index (χ2v) is 11.3. The van der Waals surface area contributed by atoms with Crippen molar-refractivity contribution in [3.63, 3.8) is 0 Å². The van der Waals surface area contributed by atoms with E-state index in [4.69, 9.17) is 16.3 Å². The lowest BCUT2D eigenvalue weighted by Crippen LogP contribution is -2.31. The van der Waals surface area contributed by atoms with Gasteiger partial charge in [0.05, 0.1) is 11.4 Å². The number of hydrogen-bond acceptors (Lipinski definition) is 5. The van der Waals surface area contributed by atoms with Crippen molar-refractivity contribution in [1.29, 1.82) is 0 Å². The topological polar surface area (TPSA) is 113 Å². The van der Waals surface area contributed by atoms with Crippen molar-refractivity contribution >= 4 is 57.3 Å². The second-order valence-electron chi connectivity index (χ2n) is 11.0. The van der Waals surface area contributed by atoms with E-state index in [0.717, 1.165) is 10.9 Å². The third kappa shape index (κ3) is 5.71. The molecule has 3 N–H and O–H groups in total. The summed E-state index contributed by atoms with van der Waals surface area (Å²) in [5.41, 5.74) is 2.62. The lowest BCUT2D eigenvalue weighted by atomic mass is 9.95. The van der Waals surface area contributed by atoms with E-state index in [0.29, 0.717) is 46.1 Å². The molecule has 0 radical (unpaired) electrons. The van der Waals surface area contributed by atoms with Crippen molar-refractivity contribution < 1.29 is 24.2 Å². The third-order valence-corrected chi connectivity index (χ3v) is 7.22. The number of halogens is 1. The van der Waals surface area contributed by atoms with Crippen LogP contribution in [-0.4, -0.2) is 45.6 Å². The van der Waals surface area contributed by atoms with Crippen LogP contribution >= 0.6 is 11.6 Å². The molecule has 41 heavy (non-hydrogen) atoms. The molecule has 5 rings (SSSR count). The molecule has 3 aromatic carbocycles. The average Bonchev–Trinajstić information content (AvgIpc) is 3.47. The molecule has 3 amide bonds. The minimum absolute atomic E-state index is 0.0895. The molecular weight excluding hydrogens is 544 g/mol. The number of aryl methyl sites for hydroxylation is 1. The predicted molar refractivity (Wildman–Crippen MR) is 160 cm³/mol. The molecule has 1 aliphatic heterocycles. The number of alkyl halides is 1. The van der Waals surface area contributed by atoms with Crippen LogP contribution in [0.4, 0.5) is 21.9 Å². The molecule has 4 aromatic rings. The summed E-state index contributed by atoms with van der Waals surface area (Å²) in [6.07, 6.45) is 1.08. The van der Waals surface area contributed by atoms with Crippen molar-refractivity contribution in [3.05, 3.63) is 83.7 Å². The standard InChI is InChI=1S/C31H31ClN4O5/c1-31(2,3)41-30(40)34-20-11-9-18(10-12-20)28(38)33-21-13-25(35(4)17-21)29(39)36-16-19(15-32)27-23-8-6-5-7-22(23)26(37)14-24(27)36/h5-14,17,19,37H,15-16H2,1-4H3,(H,33,38)(H,34,40)/t19-/m1/s1. The zero-order chi connectivity index (χ0) is 29.5. The molecule has 10 heteroatoms. The molecule has 212 valence electrons. The Morgan fingerprint density at radius 3 is 2.34 bits per heavy atom. The minimum atomic E-state index is -0.625. The van der Waals surface area contributed by atoms with Crippen molar-refractivity contribution in [2.45, 2.75) is 32.3 Å². The number of hydrogen-bond donors (Lipinski definition) is 3. The fourth-order valence-corrected chi connectivity index (χ4v) is 5.31. The highest BCUT2D eigenvalue weighted by Crippen LogP contribution is 2.45. The van der Waals surface area contributed by atoms with E-state index in [2.05, 4.69) is 10.6 Å². The maximum absolute atomic E-state index is 13.7. The van der Waals surface area contributed by atoms with Gasteiger partial charge in [0.25, 0.3) is 11.8 Å². The van der Waals surface area contributed by atoms with Crippen LogP contribution in [0.5, 0.6) is 5.75 Å². The van der Waals surface area contributed by atoms with E-state index >= 15 is 0 Å². The molecule has 0 aliphatic carbocycles. The summed E-state index contributed by atoms with van der Waals surface area (Å²) in [7, 11) is 1.73. The van der Waals surface area contributed by atoms with Gasteiger partial charge in [-0.3, -0.25) is 14.9 Å². The maximum Gasteiger partial charge on any atom is 0.412 e. The summed E-state index contributed by atoms with van der Waals surface area (Å²) in [6, 6.07) is 17.2. The molecule has 0 spiro atoms. The second kappa shape index (κ2) is 10.8. The highest BCUT2D eigenvalue weighted by molar-refractivity contribution is 6.19. The normalized spacial score (nSPS) is 14.6. The average molecular weight is 575 g/mol. The number of benzene rings is 3. The number of aromatic hydroxyl groups is 1. The van der Waals surface area contributed by atoms with E-state index in [9.17, 15) is 19.5 Å². The molecule has 1 atom stereocenters. The van der Waals surface area contributed by atoms with E-state index in [-0.39, 0.29) is 23.5 Å². The Kier molecular flexibility index (Phi) is 7.40. The number of fused-ring (bicyclic) bond motifs is 3. The van der Waals surface area contributed by atoms with Crippen LogP contribution in [0.25, 0.3) is 10.8 Å². The van der Waals surface area contributed by atoms with Gasteiger partial charge in [0.2, 0.25) is 0 Å². The van der Waals surface area contributed by atoms with E-state index in [1.54, 1.807) is 79.9 Å². The van der Waals surface area contributed by atoms with Crippen molar-refractivity contribution in [1.82, 2.24) is 4.57 Å². The third-order valence-electron chi connectivity index (χ3n) is 6.85. The van der Waals surface area contributed by atoms with Gasteiger partial charge in [-0.05, 0) is 62.1 Å². The van der Waals surface area contributed by atoms with Gasteiger partial charge in [-0.1, -0.05) is 24.3 Å². The Labute approximate surface area is 242 Å². The number of anilines is 3. The fourth-order valence-electron chi connectivity index (χ4n) is 5.06. The van der Waals surface area contributed by atoms with Gasteiger partial charge < -0.3 is 24.6 Å². The quantitative estimate of drug-likeness (QED) is 0.237. The van der Waals surface area contributed by atoms with Crippen LogP contribution in [-0.2, 0) is 11.8 Å². The first kappa shape index (κ1) is 28.0. The van der Waals surface area contributed by atoms with Crippen LogP contribution in [0, 0.1) is 0 Å². The number of aromatic nitrogens is 1. The monoisotopic (exact) mass is 574 g/mol. The Balaban J connectivity index is 1.32. The molecule has 0 fully saturated rings. The Hall–Kier alpha value is -4.50. The number of carbonyl (C=O) groups is 3. The van der Waals surface area contributed by atoms with Gasteiger partial charge in [0, 0.05) is 54.3 Å². The van der Waals surface area contributed by atoms with Crippen LogP contribution in [0.2, 0.25) is 0 Å². The number of ether oxygens (including phenoxy) is 1. The Morgan fingerprint density at radius 2 is 1.68 bits per heavy atom. The first-order chi connectivity index (χ1) is 19.4. The summed E-state index contributed by atoms with van der Waals surface area (Å²) < 4.78 is 6.90. The number of nitrogens with one attached hydrogen (secondary N) is 2. The molecule has 0 saturated heterocycles. The lowest BCUT2D eigenvalue weighted by Gasteiger charge is -2.19. The van der Waals surface area contributed by atoms with Crippen LogP contribution in [0.3, 0.4) is 0 Å². The van der Waals surface area contributed by atoms with Crippen LogP contribution in [0.1, 0.15) is 53.1 Å². The molecule has 1 aromatic heterocycles. The van der Waals surface area contributed by atoms with Gasteiger partial charge >= 0.3 is 6.09 Å². The summed E-state index contributed by atoms with van der Waals surface area (Å²) in [5.74, 6) is -0.308. The molecule has 0 bridgehead atoms. The number of phenolic OH excluding ortho intramolecular Hbond substituents is 1. The molecule has 2 heterocycles. The Bertz CT molecular complexity index is 1660. The number of phenols is 1. The molecule has 9 nitrogen and oxygen atoms in total. The first-order valence-corrected chi connectivity index (χ1v) is 13.7. The van der Waals surface area contributed by atoms with Gasteiger partial charge in [0.1, 0.15) is 17.0 Å². The molecule has 0 unspecified atom stereocenters. The zero-order valence-corrected chi connectivity index (χ0v) is 24.0. The number of carbonyl (C=O) groups excluding carboxylic acids is 3. The SMILES string of the molecule is Cn1cc(NC(=O)c2ccc(NC(=O)OC(C)(C)C)cc2)cc1C(=O)N1C[C@@H](CCl)c2c1cc(O)c1ccccc21. The van der Waals surface area contributed by atoms with Crippen molar-refractivity contribution in [2.24, 2.45) is 7.05 Å². The smallest absolute Gasteiger partial charge is 0.412 e. The van der Waals surface area contributed by atoms with Crippen molar-refractivity contribution in [2.75, 3.05) is 28.0 Å². The van der Waals surface area contributed by atoms with Gasteiger partial charge in [-0.2, -0.15) is 0 Å². The number of rotatable bonds is 5. The summed E-state index contributed by atoms with van der Waals surface area (Å²) >= 11 is 6.32. The molecule has 1 aliphatic rings. The minimum Gasteiger partial charge on any atom is -0.507 e. The largest absolute Gasteiger partial charge is 0.507 e. The van der Waals surface area contributed by atoms with E-state index < -0.39 is 11.7 Å². The molecule has 0 saturated carbocycles. The van der Waals surface area contributed by atoms with Crippen LogP contribution < -0.4 is 15.5 Å². The number of amides is 3. The zero-order valence-electron chi connectivity index (χ0n) is 23.2. The van der Waals surface area contributed by atoms with Crippen LogP contribution in [0.15, 0.2) is 66.9 Å². The predicted octanol–water partition coefficient (Wildman–Crippen LogP) is 6.47. The summed E-state index contributed by atoms with van der Waals surface area (Å²) in [5, 5.41) is 17.7. The van der Waals surface area contributed by atoms with Gasteiger partial charge in [-0.15, -0.1) is 11.6 Å². The highest BCUT2D eigenvalue weighted by atomic mass is 35.5. The molecular formula is C31H31ClN4O5. The first-order valence-electron chi connectivity index (χ1n) is 13.2. The highest BCUT2D eigenvalue weighted by Gasteiger charge is 2.35. The lowest BCUT2D eigenvalue weighted by molar-refractivity contribution is 0.0635. The maximum atomic E-state index is 13.7. The summed E-state index contributed by atoms with van der Waals surface area (Å²) in [6.45, 7) is 5.70. The number of nitrogens with zero attached hydrogens (tertiary/aromatic N) is 2. The van der Waals surface area contributed by atoms with Crippen molar-refractivity contribution in [3.8, 4) is 5.75 Å². The van der Waals surface area contributed by atoms with E-state index in [1.807, 2.05) is 24.3 Å². The summed E-state index contributed by atoms with van der Waals surface area (Å²) in [4.78, 5) is 40.3. The van der Waals surface area contributed by atoms with Gasteiger partial charge in [-0.25, -0.2) is 4.79 Å². The van der Waals surface area contributed by atoms with Gasteiger partial charge in [0.15, 0.2) is 0 Å². The van der Waals surface area contributed by atoms with E-state index in [1.165, 1.54) is 0 Å². The Morgan fingerprint density at radius 1 is 1.00 bits per heavy atom. The fraction of sp³-hybridized carbons (Fsp3) is 0.258.